The summed E-state index contributed by atoms with van der Waals surface area (Å²) in [5.41, 5.74) is 9.10. The summed E-state index contributed by atoms with van der Waals surface area (Å²) in [6, 6.07) is 9.64. The molecule has 1 heterocycles. The molecule has 0 spiro atoms. The first-order valence-electron chi connectivity index (χ1n) is 9.19. The van der Waals surface area contributed by atoms with Crippen LogP contribution in [-0.2, 0) is 9.53 Å². The van der Waals surface area contributed by atoms with Crippen LogP contribution >= 0.6 is 12.2 Å². The molecule has 0 saturated carbocycles. The van der Waals surface area contributed by atoms with Crippen LogP contribution in [0.2, 0.25) is 0 Å². The van der Waals surface area contributed by atoms with Crippen molar-refractivity contribution < 1.29 is 23.8 Å². The summed E-state index contributed by atoms with van der Waals surface area (Å²) in [5.74, 6) is -1.79. The van der Waals surface area contributed by atoms with Gasteiger partial charge in [0.15, 0.2) is 16.7 Å². The molecule has 0 unspecified atom stereocenters. The molecular weight excluding hydrogens is 425 g/mol. The summed E-state index contributed by atoms with van der Waals surface area (Å²) in [7, 11) is 0. The third-order valence-electron chi connectivity index (χ3n) is 4.45. The van der Waals surface area contributed by atoms with Gasteiger partial charge in [0.2, 0.25) is 5.91 Å². The normalized spacial score (nSPS) is 15.7. The molecule has 1 aliphatic rings. The molecule has 0 bridgehead atoms. The van der Waals surface area contributed by atoms with E-state index in [0.717, 1.165) is 10.5 Å². The molecule has 2 aromatic carbocycles. The van der Waals surface area contributed by atoms with E-state index in [0.29, 0.717) is 5.56 Å². The van der Waals surface area contributed by atoms with Crippen molar-refractivity contribution in [3.63, 3.8) is 0 Å². The van der Waals surface area contributed by atoms with Crippen molar-refractivity contribution in [2.45, 2.75) is 13.0 Å². The Morgan fingerprint density at radius 2 is 2.10 bits per heavy atom. The lowest BCUT2D eigenvalue weighted by molar-refractivity contribution is -0.119. The van der Waals surface area contributed by atoms with Crippen LogP contribution in [0.3, 0.4) is 0 Å². The highest BCUT2D eigenvalue weighted by molar-refractivity contribution is 7.80. The van der Waals surface area contributed by atoms with Crippen molar-refractivity contribution >= 4 is 41.2 Å². The zero-order valence-electron chi connectivity index (χ0n) is 16.5. The predicted molar refractivity (Wildman–Crippen MR) is 117 cm³/mol. The highest BCUT2D eigenvalue weighted by atomic mass is 32.1. The highest BCUT2D eigenvalue weighted by Gasteiger charge is 2.34. The number of halogens is 1. The highest BCUT2D eigenvalue weighted by Crippen LogP contribution is 2.38. The molecular formula is C20H20FN5O4S. The van der Waals surface area contributed by atoms with E-state index in [1.807, 2.05) is 0 Å². The van der Waals surface area contributed by atoms with Gasteiger partial charge < -0.3 is 20.9 Å². The van der Waals surface area contributed by atoms with Crippen molar-refractivity contribution in [1.82, 2.24) is 10.7 Å². The van der Waals surface area contributed by atoms with E-state index in [1.54, 1.807) is 24.3 Å². The number of carbonyl (C=O) groups excluding carboxylic acids is 2. The molecule has 0 aliphatic carbocycles. The van der Waals surface area contributed by atoms with Crippen LogP contribution in [0.4, 0.5) is 14.9 Å². The van der Waals surface area contributed by atoms with Gasteiger partial charge in [-0.2, -0.15) is 5.10 Å². The molecule has 2 aromatic rings. The molecule has 9 nitrogen and oxygen atoms in total. The summed E-state index contributed by atoms with van der Waals surface area (Å²) in [5, 5.41) is 16.8. The quantitative estimate of drug-likeness (QED) is 0.303. The first kappa shape index (κ1) is 22.0. The van der Waals surface area contributed by atoms with Gasteiger partial charge in [0.25, 0.3) is 0 Å². The van der Waals surface area contributed by atoms with Crippen molar-refractivity contribution in [2.24, 2.45) is 10.8 Å². The molecule has 31 heavy (non-hydrogen) atoms. The second-order valence-electron chi connectivity index (χ2n) is 6.70. The lowest BCUT2D eigenvalue weighted by Gasteiger charge is -2.16. The van der Waals surface area contributed by atoms with E-state index < -0.39 is 23.8 Å². The maximum absolute atomic E-state index is 14.9. The Labute approximate surface area is 182 Å². The number of anilines is 1. The molecule has 11 heteroatoms. The van der Waals surface area contributed by atoms with Gasteiger partial charge in [-0.25, -0.2) is 9.18 Å². The number of benzene rings is 2. The maximum atomic E-state index is 14.9. The topological polar surface area (TPSA) is 129 Å². The summed E-state index contributed by atoms with van der Waals surface area (Å²) >= 11 is 4.65. The van der Waals surface area contributed by atoms with Gasteiger partial charge >= 0.3 is 6.09 Å². The Hall–Kier alpha value is -3.73. The lowest BCUT2D eigenvalue weighted by atomic mass is 10.0. The fourth-order valence-electron chi connectivity index (χ4n) is 3.00. The minimum atomic E-state index is -0.868. The Morgan fingerprint density at radius 3 is 2.74 bits per heavy atom. The molecule has 5 N–H and O–H groups in total. The van der Waals surface area contributed by atoms with Crippen LogP contribution in [0.1, 0.15) is 12.5 Å². The number of nitrogens with one attached hydrogen (secondary N) is 2. The molecule has 0 aromatic heterocycles. The van der Waals surface area contributed by atoms with Crippen molar-refractivity contribution in [3.8, 4) is 16.9 Å². The SMILES string of the molecule is CC(=O)NC[C@H]1CN(c2ccc(-c3ccc(C=NNC(N)=S)cc3)c(F)c2O)C(=O)O1. The zero-order chi connectivity index (χ0) is 22.5. The van der Waals surface area contributed by atoms with Gasteiger partial charge in [-0.15, -0.1) is 0 Å². The first-order valence-corrected chi connectivity index (χ1v) is 9.60. The Bertz CT molecular complexity index is 1040. The van der Waals surface area contributed by atoms with Crippen LogP contribution in [-0.4, -0.2) is 47.6 Å². The van der Waals surface area contributed by atoms with Crippen LogP contribution in [0.25, 0.3) is 11.1 Å². The Kier molecular flexibility index (Phi) is 6.65. The van der Waals surface area contributed by atoms with Crippen LogP contribution < -0.4 is 21.4 Å². The monoisotopic (exact) mass is 445 g/mol. The molecule has 162 valence electrons. The number of ether oxygens (including phenoxy) is 1. The van der Waals surface area contributed by atoms with Crippen LogP contribution in [0.5, 0.6) is 5.75 Å². The summed E-state index contributed by atoms with van der Waals surface area (Å²) in [4.78, 5) is 24.3. The summed E-state index contributed by atoms with van der Waals surface area (Å²) < 4.78 is 20.1. The number of aromatic hydroxyl groups is 1. The van der Waals surface area contributed by atoms with E-state index in [1.165, 1.54) is 25.3 Å². The zero-order valence-corrected chi connectivity index (χ0v) is 17.3. The number of amides is 2. The number of hydrogen-bond acceptors (Lipinski definition) is 6. The molecule has 1 aliphatic heterocycles. The average molecular weight is 445 g/mol. The van der Waals surface area contributed by atoms with E-state index in [-0.39, 0.29) is 35.4 Å². The fraction of sp³-hybridized carbons (Fsp3) is 0.200. The lowest BCUT2D eigenvalue weighted by Crippen LogP contribution is -2.33. The van der Waals surface area contributed by atoms with Crippen molar-refractivity contribution in [1.29, 1.82) is 0 Å². The molecule has 1 saturated heterocycles. The van der Waals surface area contributed by atoms with Gasteiger partial charge in [0.05, 0.1) is 25.0 Å². The number of thiocarbonyl (C=S) groups is 1. The minimum Gasteiger partial charge on any atom is -0.503 e. The van der Waals surface area contributed by atoms with Gasteiger partial charge in [-0.3, -0.25) is 15.1 Å². The van der Waals surface area contributed by atoms with E-state index in [9.17, 15) is 19.1 Å². The number of phenols is 1. The maximum Gasteiger partial charge on any atom is 0.414 e. The van der Waals surface area contributed by atoms with Gasteiger partial charge in [0.1, 0.15) is 6.10 Å². The first-order chi connectivity index (χ1) is 14.8. The van der Waals surface area contributed by atoms with Crippen LogP contribution in [0, 0.1) is 5.82 Å². The second kappa shape index (κ2) is 9.39. The van der Waals surface area contributed by atoms with E-state index in [2.05, 4.69) is 28.1 Å². The van der Waals surface area contributed by atoms with Gasteiger partial charge in [-0.1, -0.05) is 24.3 Å². The standard InChI is InChI=1S/C20H20FN5O4S/c1-11(27)23-9-14-10-26(20(29)30-14)16-7-6-15(17(21)18(16)28)13-4-2-12(3-5-13)8-24-25-19(22)31/h2-8,14,28H,9-10H2,1H3,(H,23,27)(H3,22,25,31)/t14-/m0/s1. The van der Waals surface area contributed by atoms with Gasteiger partial charge in [0, 0.05) is 12.5 Å². The second-order valence-corrected chi connectivity index (χ2v) is 7.14. The third-order valence-corrected chi connectivity index (χ3v) is 4.54. The van der Waals surface area contributed by atoms with Crippen molar-refractivity contribution in [3.05, 3.63) is 47.8 Å². The summed E-state index contributed by atoms with van der Waals surface area (Å²) in [6.45, 7) is 1.54. The summed E-state index contributed by atoms with van der Waals surface area (Å²) in [6.07, 6.45) is 0.166. The smallest absolute Gasteiger partial charge is 0.414 e. The minimum absolute atomic E-state index is 0.0100. The largest absolute Gasteiger partial charge is 0.503 e. The molecule has 3 rings (SSSR count). The average Bonchev–Trinajstić information content (AvgIpc) is 3.09. The number of rotatable bonds is 6. The molecule has 2 amide bonds. The fourth-order valence-corrected chi connectivity index (χ4v) is 3.05. The predicted octanol–water partition coefficient (Wildman–Crippen LogP) is 1.83. The van der Waals surface area contributed by atoms with Gasteiger partial charge in [-0.05, 0) is 35.5 Å². The Morgan fingerprint density at radius 1 is 1.39 bits per heavy atom. The van der Waals surface area contributed by atoms with Crippen LogP contribution in [0.15, 0.2) is 41.5 Å². The molecule has 1 fully saturated rings. The number of nitrogens with two attached hydrogens (primary N) is 1. The third kappa shape index (κ3) is 5.25. The number of hydrazone groups is 1. The number of cyclic esters (lactones) is 1. The van der Waals surface area contributed by atoms with E-state index in [4.69, 9.17) is 10.5 Å². The van der Waals surface area contributed by atoms with Crippen molar-refractivity contribution in [2.75, 3.05) is 18.0 Å². The molecule has 0 radical (unpaired) electrons. The number of nitrogens with zero attached hydrogens (tertiary/aromatic N) is 2. The number of phenolic OH excluding ortho intramolecular Hbond substituents is 1. The Balaban J connectivity index is 1.78. The number of hydrogen-bond donors (Lipinski definition) is 4. The van der Waals surface area contributed by atoms with E-state index >= 15 is 0 Å². The molecule has 1 atom stereocenters. The number of carbonyl (C=O) groups is 2.